The number of hydrogen-bond donors (Lipinski definition) is 2. The number of hydrogen-bond acceptors (Lipinski definition) is 4. The van der Waals surface area contributed by atoms with Crippen LogP contribution in [0.15, 0.2) is 84.3 Å². The van der Waals surface area contributed by atoms with Gasteiger partial charge in [-0.15, -0.1) is 6.58 Å². The molecule has 3 aromatic carbocycles. The minimum absolute atomic E-state index is 0.0365. The average molecular weight is 491 g/mol. The van der Waals surface area contributed by atoms with E-state index in [0.717, 1.165) is 12.1 Å². The second-order valence-corrected chi connectivity index (χ2v) is 8.86. The highest BCUT2D eigenvalue weighted by Crippen LogP contribution is 2.36. The molecule has 0 unspecified atom stereocenters. The Morgan fingerprint density at radius 3 is 2.35 bits per heavy atom. The van der Waals surface area contributed by atoms with Gasteiger partial charge in [0, 0.05) is 0 Å². The maximum atomic E-state index is 13.3. The summed E-state index contributed by atoms with van der Waals surface area (Å²) >= 11 is 0. The van der Waals surface area contributed by atoms with Crippen LogP contribution in [0.25, 0.3) is 0 Å². The van der Waals surface area contributed by atoms with Crippen LogP contribution in [-0.2, 0) is 29.2 Å². The Morgan fingerprint density at radius 2 is 1.74 bits per heavy atom. The minimum atomic E-state index is -4.67. The Kier molecular flexibility index (Phi) is 7.31. The van der Waals surface area contributed by atoms with Crippen molar-refractivity contribution >= 4 is 21.7 Å². The van der Waals surface area contributed by atoms with Crippen molar-refractivity contribution in [1.29, 1.82) is 0 Å². The average Bonchev–Trinajstić information content (AvgIpc) is 2.78. The molecule has 0 saturated carbocycles. The van der Waals surface area contributed by atoms with Gasteiger partial charge in [-0.05, 0) is 53.9 Å². The molecular formula is C24H20F3NO5S. The van der Waals surface area contributed by atoms with E-state index in [9.17, 15) is 26.4 Å². The van der Waals surface area contributed by atoms with Crippen LogP contribution in [0.4, 0.5) is 18.9 Å². The highest BCUT2D eigenvalue weighted by atomic mass is 32.2. The van der Waals surface area contributed by atoms with Gasteiger partial charge < -0.3 is 9.84 Å². The Morgan fingerprint density at radius 1 is 1.06 bits per heavy atom. The van der Waals surface area contributed by atoms with Crippen LogP contribution in [0.2, 0.25) is 0 Å². The van der Waals surface area contributed by atoms with Crippen LogP contribution in [0.1, 0.15) is 27.0 Å². The second kappa shape index (κ2) is 10.0. The third-order valence-electron chi connectivity index (χ3n) is 4.77. The standard InChI is InChI=1S/C24H20F3NO5S/c1-2-5-17-6-3-4-7-22(17)34(31,32)28-20-13-12-19(24(25,26)27)14-21(20)33-15-16-8-10-18(11-9-16)23(29)30/h2-4,6-14,28H,1,5,15H2,(H,29,30). The van der Waals surface area contributed by atoms with Crippen molar-refractivity contribution in [3.05, 3.63) is 102 Å². The Bertz CT molecular complexity index is 1300. The fourth-order valence-corrected chi connectivity index (χ4v) is 4.42. The Labute approximate surface area is 194 Å². The molecule has 0 heterocycles. The first-order valence-corrected chi connectivity index (χ1v) is 11.4. The molecule has 0 saturated heterocycles. The smallest absolute Gasteiger partial charge is 0.416 e. The maximum Gasteiger partial charge on any atom is 0.416 e. The molecule has 3 aromatic rings. The van der Waals surface area contributed by atoms with Crippen LogP contribution >= 0.6 is 0 Å². The van der Waals surface area contributed by atoms with Crippen LogP contribution in [0.5, 0.6) is 5.75 Å². The normalized spacial score (nSPS) is 11.6. The van der Waals surface area contributed by atoms with Gasteiger partial charge in [-0.25, -0.2) is 13.2 Å². The number of carboxylic acids is 1. The van der Waals surface area contributed by atoms with Crippen molar-refractivity contribution in [3.63, 3.8) is 0 Å². The van der Waals surface area contributed by atoms with E-state index in [1.165, 1.54) is 42.5 Å². The molecule has 10 heteroatoms. The summed E-state index contributed by atoms with van der Waals surface area (Å²) in [6.07, 6.45) is -2.86. The van der Waals surface area contributed by atoms with Gasteiger partial charge in [-0.2, -0.15) is 13.2 Å². The maximum absolute atomic E-state index is 13.3. The summed E-state index contributed by atoms with van der Waals surface area (Å²) in [6, 6.07) is 14.2. The molecule has 0 aliphatic carbocycles. The Hall–Kier alpha value is -3.79. The summed E-state index contributed by atoms with van der Waals surface area (Å²) in [5.41, 5.74) is -0.206. The largest absolute Gasteiger partial charge is 0.487 e. The highest BCUT2D eigenvalue weighted by Gasteiger charge is 2.32. The molecule has 0 fully saturated rings. The van der Waals surface area contributed by atoms with E-state index < -0.39 is 27.7 Å². The van der Waals surface area contributed by atoms with Crippen molar-refractivity contribution in [2.45, 2.75) is 24.1 Å². The zero-order chi connectivity index (χ0) is 24.9. The molecule has 3 rings (SSSR count). The van der Waals surface area contributed by atoms with E-state index >= 15 is 0 Å². The number of carbonyl (C=O) groups is 1. The SMILES string of the molecule is C=CCc1ccccc1S(=O)(=O)Nc1ccc(C(F)(F)F)cc1OCc1ccc(C(=O)O)cc1. The van der Waals surface area contributed by atoms with Gasteiger partial charge in [0.25, 0.3) is 10.0 Å². The summed E-state index contributed by atoms with van der Waals surface area (Å²) in [5, 5.41) is 8.97. The quantitative estimate of drug-likeness (QED) is 0.385. The van der Waals surface area contributed by atoms with E-state index in [1.54, 1.807) is 12.1 Å². The molecule has 0 atom stereocenters. The summed E-state index contributed by atoms with van der Waals surface area (Å²) in [7, 11) is -4.16. The number of anilines is 1. The fourth-order valence-electron chi connectivity index (χ4n) is 3.10. The van der Waals surface area contributed by atoms with Gasteiger partial charge in [-0.3, -0.25) is 4.72 Å². The summed E-state index contributed by atoms with van der Waals surface area (Å²) in [5.74, 6) is -1.46. The number of benzene rings is 3. The number of halogens is 3. The monoisotopic (exact) mass is 491 g/mol. The molecule has 0 aliphatic rings. The molecule has 0 spiro atoms. The van der Waals surface area contributed by atoms with Gasteiger partial charge in [0.05, 0.1) is 21.7 Å². The molecule has 34 heavy (non-hydrogen) atoms. The zero-order valence-corrected chi connectivity index (χ0v) is 18.5. The van der Waals surface area contributed by atoms with E-state index in [-0.39, 0.29) is 34.9 Å². The number of sulfonamides is 1. The van der Waals surface area contributed by atoms with E-state index in [1.807, 2.05) is 0 Å². The summed E-state index contributed by atoms with van der Waals surface area (Å²) in [6.45, 7) is 3.38. The van der Waals surface area contributed by atoms with Gasteiger partial charge in [0.15, 0.2) is 0 Å². The van der Waals surface area contributed by atoms with Crippen LogP contribution in [-0.4, -0.2) is 19.5 Å². The molecule has 0 aromatic heterocycles. The molecule has 0 radical (unpaired) electrons. The van der Waals surface area contributed by atoms with Gasteiger partial charge in [0.1, 0.15) is 12.4 Å². The first-order valence-electron chi connectivity index (χ1n) is 9.89. The lowest BCUT2D eigenvalue weighted by molar-refractivity contribution is -0.137. The second-order valence-electron chi connectivity index (χ2n) is 7.21. The minimum Gasteiger partial charge on any atom is -0.487 e. The van der Waals surface area contributed by atoms with Crippen LogP contribution in [0, 0.1) is 0 Å². The van der Waals surface area contributed by atoms with E-state index in [4.69, 9.17) is 9.84 Å². The zero-order valence-electron chi connectivity index (χ0n) is 17.7. The summed E-state index contributed by atoms with van der Waals surface area (Å²) in [4.78, 5) is 10.9. The third kappa shape index (κ3) is 5.96. The molecule has 2 N–H and O–H groups in total. The van der Waals surface area contributed by atoms with Gasteiger partial charge >= 0.3 is 12.1 Å². The molecule has 6 nitrogen and oxygen atoms in total. The van der Waals surface area contributed by atoms with Crippen molar-refractivity contribution in [2.24, 2.45) is 0 Å². The molecule has 0 aliphatic heterocycles. The van der Waals surface area contributed by atoms with Crippen molar-refractivity contribution in [1.82, 2.24) is 0 Å². The first kappa shape index (κ1) is 24.8. The molecular weight excluding hydrogens is 471 g/mol. The lowest BCUT2D eigenvalue weighted by Gasteiger charge is -2.17. The number of allylic oxidation sites excluding steroid dienone is 1. The van der Waals surface area contributed by atoms with Crippen molar-refractivity contribution < 1.29 is 36.2 Å². The Balaban J connectivity index is 1.94. The lowest BCUT2D eigenvalue weighted by atomic mass is 10.1. The fraction of sp³-hybridized carbons (Fsp3) is 0.125. The van der Waals surface area contributed by atoms with Crippen molar-refractivity contribution in [2.75, 3.05) is 4.72 Å². The first-order chi connectivity index (χ1) is 16.0. The number of rotatable bonds is 9. The topological polar surface area (TPSA) is 92.7 Å². The predicted octanol–water partition coefficient (Wildman–Crippen LogP) is 5.51. The molecule has 178 valence electrons. The van der Waals surface area contributed by atoms with Crippen LogP contribution < -0.4 is 9.46 Å². The predicted molar refractivity (Wildman–Crippen MR) is 120 cm³/mol. The van der Waals surface area contributed by atoms with E-state index in [2.05, 4.69) is 11.3 Å². The highest BCUT2D eigenvalue weighted by molar-refractivity contribution is 7.92. The van der Waals surface area contributed by atoms with Gasteiger partial charge in [-0.1, -0.05) is 36.4 Å². The van der Waals surface area contributed by atoms with Crippen molar-refractivity contribution in [3.8, 4) is 5.75 Å². The number of nitrogens with one attached hydrogen (secondary N) is 1. The third-order valence-corrected chi connectivity index (χ3v) is 6.24. The van der Waals surface area contributed by atoms with Crippen LogP contribution in [0.3, 0.4) is 0 Å². The summed E-state index contributed by atoms with van der Waals surface area (Å²) < 4.78 is 73.7. The molecule has 0 bridgehead atoms. The van der Waals surface area contributed by atoms with E-state index in [0.29, 0.717) is 17.2 Å². The number of alkyl halides is 3. The molecule has 0 amide bonds. The number of carboxylic acid groups (broad SMARTS) is 1. The van der Waals surface area contributed by atoms with Gasteiger partial charge in [0.2, 0.25) is 0 Å². The lowest BCUT2D eigenvalue weighted by Crippen LogP contribution is -2.16. The number of ether oxygens (including phenoxy) is 1. The number of aromatic carboxylic acids is 1.